The minimum atomic E-state index is -3.66. The Morgan fingerprint density at radius 2 is 2.00 bits per heavy atom. The van der Waals surface area contributed by atoms with E-state index in [2.05, 4.69) is 36.6 Å². The zero-order valence-electron chi connectivity index (χ0n) is 11.3. The van der Waals surface area contributed by atoms with E-state index in [1.165, 1.54) is 0 Å². The molecule has 114 valence electrons. The van der Waals surface area contributed by atoms with Crippen molar-refractivity contribution in [2.75, 3.05) is 25.5 Å². The minimum Gasteiger partial charge on any atom is -0.398 e. The number of ether oxygens (including phenoxy) is 1. The van der Waals surface area contributed by atoms with Crippen LogP contribution in [0.3, 0.4) is 0 Å². The molecule has 0 aliphatic rings. The van der Waals surface area contributed by atoms with E-state index in [9.17, 15) is 8.42 Å². The van der Waals surface area contributed by atoms with Crippen molar-refractivity contribution in [2.45, 2.75) is 18.7 Å². The van der Waals surface area contributed by atoms with Crippen LogP contribution in [-0.2, 0) is 14.8 Å². The quantitative estimate of drug-likeness (QED) is 0.515. The maximum atomic E-state index is 12.2. The van der Waals surface area contributed by atoms with Crippen LogP contribution in [0.5, 0.6) is 0 Å². The van der Waals surface area contributed by atoms with Crippen LogP contribution in [0.2, 0.25) is 0 Å². The second-order valence-corrected chi connectivity index (χ2v) is 8.15. The first-order chi connectivity index (χ1) is 9.24. The molecule has 8 heteroatoms. The molecular weight excluding hydrogens is 412 g/mol. The third-order valence-electron chi connectivity index (χ3n) is 2.30. The smallest absolute Gasteiger partial charge is 0.243 e. The van der Waals surface area contributed by atoms with Gasteiger partial charge in [-0.1, -0.05) is 29.8 Å². The first-order valence-corrected chi connectivity index (χ1v) is 9.13. The molecular formula is C12H18Br2N2O3S. The molecule has 5 nitrogen and oxygen atoms in total. The van der Waals surface area contributed by atoms with Crippen LogP contribution < -0.4 is 10.5 Å². The number of nitrogens with one attached hydrogen (secondary N) is 1. The molecule has 0 spiro atoms. The third-order valence-corrected chi connectivity index (χ3v) is 5.22. The van der Waals surface area contributed by atoms with Crippen molar-refractivity contribution in [1.29, 1.82) is 0 Å². The van der Waals surface area contributed by atoms with Gasteiger partial charge in [-0.2, -0.15) is 0 Å². The highest BCUT2D eigenvalue weighted by Gasteiger charge is 2.21. The number of benzene rings is 1. The summed E-state index contributed by atoms with van der Waals surface area (Å²) in [4.78, 5) is 0.0459. The number of nitrogen functional groups attached to an aromatic ring is 1. The average Bonchev–Trinajstić information content (AvgIpc) is 2.25. The van der Waals surface area contributed by atoms with E-state index in [1.54, 1.807) is 12.1 Å². The van der Waals surface area contributed by atoms with Crippen molar-refractivity contribution in [2.24, 2.45) is 5.92 Å². The van der Waals surface area contributed by atoms with Crippen LogP contribution in [0.15, 0.2) is 26.0 Å². The Bertz CT molecular complexity index is 539. The number of anilines is 1. The number of rotatable bonds is 7. The van der Waals surface area contributed by atoms with Crippen molar-refractivity contribution in [3.8, 4) is 0 Å². The molecule has 0 saturated carbocycles. The van der Waals surface area contributed by atoms with Gasteiger partial charge in [-0.05, 0) is 34.0 Å². The van der Waals surface area contributed by atoms with Crippen LogP contribution >= 0.6 is 31.9 Å². The summed E-state index contributed by atoms with van der Waals surface area (Å²) < 4.78 is 33.3. The van der Waals surface area contributed by atoms with E-state index in [4.69, 9.17) is 10.5 Å². The molecule has 0 unspecified atom stereocenters. The predicted molar refractivity (Wildman–Crippen MR) is 87.1 cm³/mol. The molecule has 0 amide bonds. The minimum absolute atomic E-state index is 0.0459. The van der Waals surface area contributed by atoms with Crippen molar-refractivity contribution in [3.05, 3.63) is 21.1 Å². The lowest BCUT2D eigenvalue weighted by molar-refractivity contribution is 0.114. The summed E-state index contributed by atoms with van der Waals surface area (Å²) in [6.07, 6.45) is 0. The van der Waals surface area contributed by atoms with Crippen LogP contribution in [0.4, 0.5) is 5.69 Å². The fourth-order valence-corrected chi connectivity index (χ4v) is 4.58. The molecule has 0 aliphatic heterocycles. The maximum absolute atomic E-state index is 12.2. The average molecular weight is 430 g/mol. The fourth-order valence-electron chi connectivity index (χ4n) is 1.50. The van der Waals surface area contributed by atoms with E-state index in [0.717, 1.165) is 0 Å². The lowest BCUT2D eigenvalue weighted by Crippen LogP contribution is -2.28. The highest BCUT2D eigenvalue weighted by atomic mass is 79.9. The highest BCUT2D eigenvalue weighted by molar-refractivity contribution is 9.11. The molecule has 0 radical (unpaired) electrons. The van der Waals surface area contributed by atoms with E-state index in [0.29, 0.717) is 28.1 Å². The lowest BCUT2D eigenvalue weighted by Gasteiger charge is -2.12. The van der Waals surface area contributed by atoms with Crippen molar-refractivity contribution in [3.63, 3.8) is 0 Å². The zero-order valence-corrected chi connectivity index (χ0v) is 15.3. The molecule has 20 heavy (non-hydrogen) atoms. The summed E-state index contributed by atoms with van der Waals surface area (Å²) in [6.45, 7) is 5.20. The molecule has 3 N–H and O–H groups in total. The zero-order chi connectivity index (χ0) is 15.3. The van der Waals surface area contributed by atoms with E-state index in [1.807, 2.05) is 13.8 Å². The predicted octanol–water partition coefficient (Wildman–Crippen LogP) is 2.74. The van der Waals surface area contributed by atoms with E-state index in [-0.39, 0.29) is 17.1 Å². The second kappa shape index (κ2) is 7.74. The van der Waals surface area contributed by atoms with Crippen molar-refractivity contribution < 1.29 is 13.2 Å². The fraction of sp³-hybridized carbons (Fsp3) is 0.500. The third kappa shape index (κ3) is 5.33. The molecule has 0 atom stereocenters. The summed E-state index contributed by atoms with van der Waals surface area (Å²) in [5.74, 6) is 0.419. The van der Waals surface area contributed by atoms with E-state index >= 15 is 0 Å². The Morgan fingerprint density at radius 3 is 2.55 bits per heavy atom. The molecule has 0 fully saturated rings. The number of hydrogen-bond acceptors (Lipinski definition) is 4. The summed E-state index contributed by atoms with van der Waals surface area (Å²) in [5.41, 5.74) is 5.95. The first kappa shape index (κ1) is 17.9. The second-order valence-electron chi connectivity index (χ2n) is 4.67. The van der Waals surface area contributed by atoms with Gasteiger partial charge in [0.25, 0.3) is 0 Å². The summed E-state index contributed by atoms with van der Waals surface area (Å²) in [6, 6.07) is 3.19. The monoisotopic (exact) mass is 428 g/mol. The van der Waals surface area contributed by atoms with Crippen LogP contribution in [-0.4, -0.2) is 28.2 Å². The Morgan fingerprint density at radius 1 is 1.35 bits per heavy atom. The molecule has 1 rings (SSSR count). The van der Waals surface area contributed by atoms with Crippen LogP contribution in [0.25, 0.3) is 0 Å². The largest absolute Gasteiger partial charge is 0.398 e. The maximum Gasteiger partial charge on any atom is 0.243 e. The van der Waals surface area contributed by atoms with Crippen molar-refractivity contribution in [1.82, 2.24) is 4.72 Å². The van der Waals surface area contributed by atoms with Gasteiger partial charge >= 0.3 is 0 Å². The number of halogens is 2. The van der Waals surface area contributed by atoms with Gasteiger partial charge in [-0.25, -0.2) is 13.1 Å². The number of hydrogen-bond donors (Lipinski definition) is 2. The summed E-state index contributed by atoms with van der Waals surface area (Å²) in [5, 5.41) is 0. The first-order valence-electron chi connectivity index (χ1n) is 6.06. The molecule has 1 aromatic rings. The van der Waals surface area contributed by atoms with Gasteiger partial charge in [0.15, 0.2) is 0 Å². The Hall–Kier alpha value is -0.150. The standard InChI is InChI=1S/C12H18Br2N2O3S/c1-8(2)7-19-4-3-16-20(17,18)12-10(14)5-9(13)6-11(12)15/h5-6,8,16H,3-4,7,15H2,1-2H3. The van der Waals surface area contributed by atoms with Gasteiger partial charge < -0.3 is 10.5 Å². The van der Waals surface area contributed by atoms with Crippen molar-refractivity contribution >= 4 is 47.6 Å². The SMILES string of the molecule is CC(C)COCCNS(=O)(=O)c1c(N)cc(Br)cc1Br. The van der Waals surface area contributed by atoms with Gasteiger partial charge in [0.1, 0.15) is 4.90 Å². The number of sulfonamides is 1. The molecule has 0 saturated heterocycles. The topological polar surface area (TPSA) is 81.4 Å². The molecule has 0 bridgehead atoms. The Labute approximate surface area is 136 Å². The lowest BCUT2D eigenvalue weighted by atomic mass is 10.2. The van der Waals surface area contributed by atoms with Crippen LogP contribution in [0, 0.1) is 5.92 Å². The van der Waals surface area contributed by atoms with Gasteiger partial charge in [-0.15, -0.1) is 0 Å². The van der Waals surface area contributed by atoms with Gasteiger partial charge in [0.2, 0.25) is 10.0 Å². The molecule has 0 aliphatic carbocycles. The highest BCUT2D eigenvalue weighted by Crippen LogP contribution is 2.31. The number of nitrogens with two attached hydrogens (primary N) is 1. The summed E-state index contributed by atoms with van der Waals surface area (Å²) >= 11 is 6.47. The van der Waals surface area contributed by atoms with Crippen LogP contribution in [0.1, 0.15) is 13.8 Å². The molecule has 0 aromatic heterocycles. The molecule has 1 aromatic carbocycles. The van der Waals surface area contributed by atoms with Gasteiger partial charge in [0.05, 0.1) is 12.3 Å². The molecule has 0 heterocycles. The Balaban J connectivity index is 2.70. The van der Waals surface area contributed by atoms with E-state index < -0.39 is 10.0 Å². The normalized spacial score (nSPS) is 12.1. The van der Waals surface area contributed by atoms with Gasteiger partial charge in [-0.3, -0.25) is 0 Å². The Kier molecular flexibility index (Phi) is 6.93. The summed E-state index contributed by atoms with van der Waals surface area (Å²) in [7, 11) is -3.66. The van der Waals surface area contributed by atoms with Gasteiger partial charge in [0, 0.05) is 22.1 Å².